The van der Waals surface area contributed by atoms with E-state index in [-0.39, 0.29) is 5.35 Å². The van der Waals surface area contributed by atoms with Gasteiger partial charge in [0.05, 0.1) is 0 Å². The van der Waals surface area contributed by atoms with E-state index in [2.05, 4.69) is 20.0 Å². The number of hydrogen-bond donors (Lipinski definition) is 1. The first-order valence-electron chi connectivity index (χ1n) is 3.01. The van der Waals surface area contributed by atoms with Crippen LogP contribution in [0.1, 0.15) is 13.3 Å². The van der Waals surface area contributed by atoms with E-state index >= 15 is 0 Å². The van der Waals surface area contributed by atoms with Gasteiger partial charge in [0.25, 0.3) is 0 Å². The summed E-state index contributed by atoms with van der Waals surface area (Å²) in [6, 6.07) is 0. The fraction of sp³-hybridized carbons (Fsp3) is 1.00. The van der Waals surface area contributed by atoms with Gasteiger partial charge in [0, 0.05) is 0 Å². The summed E-state index contributed by atoms with van der Waals surface area (Å²) in [7, 11) is -1.34. The molecule has 0 aromatic heterocycles. The zero-order chi connectivity index (χ0) is 6.41. The Morgan fingerprint density at radius 3 is 2.00 bits per heavy atom. The van der Waals surface area contributed by atoms with Crippen LogP contribution in [0.15, 0.2) is 0 Å². The molecule has 2 nitrogen and oxygen atoms in total. The summed E-state index contributed by atoms with van der Waals surface area (Å²) < 4.78 is 5.36. The van der Waals surface area contributed by atoms with Crippen LogP contribution in [0.3, 0.4) is 0 Å². The lowest BCUT2D eigenvalue weighted by molar-refractivity contribution is 0.316. The van der Waals surface area contributed by atoms with Crippen LogP contribution >= 0.6 is 0 Å². The van der Waals surface area contributed by atoms with E-state index in [0.717, 1.165) is 6.42 Å². The Morgan fingerprint density at radius 1 is 1.62 bits per heavy atom. The molecule has 1 rings (SSSR count). The maximum absolute atomic E-state index is 5.76. The van der Waals surface area contributed by atoms with Crippen LogP contribution in [-0.4, -0.2) is 13.7 Å². The van der Waals surface area contributed by atoms with Gasteiger partial charge in [0.1, 0.15) is 5.35 Å². The Bertz CT molecular complexity index is 115. The second kappa shape index (κ2) is 1.34. The molecule has 0 amide bonds. The molecule has 0 saturated carbocycles. The molecule has 1 heterocycles. The van der Waals surface area contributed by atoms with Gasteiger partial charge in [-0.25, -0.2) is 0 Å². The molecule has 1 unspecified atom stereocenters. The van der Waals surface area contributed by atoms with Crippen molar-refractivity contribution in [3.63, 3.8) is 0 Å². The monoisotopic (exact) mass is 131 g/mol. The van der Waals surface area contributed by atoms with E-state index < -0.39 is 8.32 Å². The van der Waals surface area contributed by atoms with Gasteiger partial charge in [-0.15, -0.1) is 0 Å². The second-order valence-corrected chi connectivity index (χ2v) is 6.93. The van der Waals surface area contributed by atoms with Gasteiger partial charge in [-0.05, 0) is 19.5 Å². The van der Waals surface area contributed by atoms with E-state index in [0.29, 0.717) is 0 Å². The SMILES string of the molecule is CCC1(N)O[Si]1(C)C. The third kappa shape index (κ3) is 0.622. The molecule has 8 heavy (non-hydrogen) atoms. The summed E-state index contributed by atoms with van der Waals surface area (Å²) in [6.07, 6.45) is 0.965. The molecule has 1 aliphatic heterocycles. The Morgan fingerprint density at radius 2 is 2.00 bits per heavy atom. The first-order chi connectivity index (χ1) is 3.52. The van der Waals surface area contributed by atoms with Crippen molar-refractivity contribution >= 4 is 8.32 Å². The van der Waals surface area contributed by atoms with Crippen LogP contribution in [0.25, 0.3) is 0 Å². The highest BCUT2D eigenvalue weighted by atomic mass is 28.4. The molecule has 1 fully saturated rings. The maximum Gasteiger partial charge on any atom is 0.236 e. The molecule has 3 heteroatoms. The second-order valence-electron chi connectivity index (χ2n) is 2.86. The fourth-order valence-electron chi connectivity index (χ4n) is 0.928. The van der Waals surface area contributed by atoms with Crippen molar-refractivity contribution in [2.24, 2.45) is 5.73 Å². The predicted molar refractivity (Wildman–Crippen MR) is 35.8 cm³/mol. The molecular formula is C5H13NOSi. The summed E-state index contributed by atoms with van der Waals surface area (Å²) in [5.41, 5.74) is 5.76. The minimum atomic E-state index is -1.34. The number of hydrogen-bond acceptors (Lipinski definition) is 2. The van der Waals surface area contributed by atoms with Crippen molar-refractivity contribution in [2.45, 2.75) is 31.8 Å². The van der Waals surface area contributed by atoms with Crippen molar-refractivity contribution in [1.82, 2.24) is 0 Å². The topological polar surface area (TPSA) is 38.5 Å². The largest absolute Gasteiger partial charge is 0.396 e. The zero-order valence-corrected chi connectivity index (χ0v) is 6.69. The van der Waals surface area contributed by atoms with Gasteiger partial charge in [0.2, 0.25) is 8.32 Å². The van der Waals surface area contributed by atoms with Crippen molar-refractivity contribution < 1.29 is 4.43 Å². The average Bonchev–Trinajstić information content (AvgIpc) is 2.10. The molecule has 48 valence electrons. The maximum atomic E-state index is 5.76. The third-order valence-corrected chi connectivity index (χ3v) is 5.12. The van der Waals surface area contributed by atoms with Gasteiger partial charge in [-0.2, -0.15) is 0 Å². The van der Waals surface area contributed by atoms with Gasteiger partial charge < -0.3 is 10.2 Å². The van der Waals surface area contributed by atoms with E-state index in [4.69, 9.17) is 10.2 Å². The van der Waals surface area contributed by atoms with Crippen LogP contribution in [0.2, 0.25) is 13.1 Å². The highest BCUT2D eigenvalue weighted by Crippen LogP contribution is 2.40. The number of nitrogens with two attached hydrogens (primary N) is 1. The van der Waals surface area contributed by atoms with E-state index in [1.165, 1.54) is 0 Å². The molecule has 0 aromatic rings. The lowest BCUT2D eigenvalue weighted by Crippen LogP contribution is -2.33. The summed E-state index contributed by atoms with van der Waals surface area (Å²) in [5.74, 6) is 0. The first-order valence-corrected chi connectivity index (χ1v) is 5.92. The molecule has 0 bridgehead atoms. The van der Waals surface area contributed by atoms with E-state index in [1.807, 2.05) is 0 Å². The van der Waals surface area contributed by atoms with Gasteiger partial charge >= 0.3 is 0 Å². The highest BCUT2D eigenvalue weighted by molar-refractivity contribution is 6.82. The lowest BCUT2D eigenvalue weighted by atomic mass is 10.4. The van der Waals surface area contributed by atoms with Gasteiger partial charge in [0.15, 0.2) is 0 Å². The molecule has 1 saturated heterocycles. The van der Waals surface area contributed by atoms with Crippen LogP contribution in [0, 0.1) is 0 Å². The quantitative estimate of drug-likeness (QED) is 0.423. The van der Waals surface area contributed by atoms with Crippen molar-refractivity contribution in [3.05, 3.63) is 0 Å². The molecular weight excluding hydrogens is 118 g/mol. The highest BCUT2D eigenvalue weighted by Gasteiger charge is 2.62. The Hall–Kier alpha value is 0.137. The molecule has 0 aromatic carbocycles. The molecule has 1 atom stereocenters. The summed E-state index contributed by atoms with van der Waals surface area (Å²) >= 11 is 0. The molecule has 0 aliphatic carbocycles. The van der Waals surface area contributed by atoms with Crippen LogP contribution in [0.4, 0.5) is 0 Å². The van der Waals surface area contributed by atoms with Crippen molar-refractivity contribution in [3.8, 4) is 0 Å². The zero-order valence-electron chi connectivity index (χ0n) is 5.69. The minimum absolute atomic E-state index is 0.174. The van der Waals surface area contributed by atoms with Crippen LogP contribution < -0.4 is 5.73 Å². The molecule has 0 radical (unpaired) electrons. The summed E-state index contributed by atoms with van der Waals surface area (Å²) in [5, 5.41) is -0.174. The van der Waals surface area contributed by atoms with E-state index in [1.54, 1.807) is 0 Å². The molecule has 2 N–H and O–H groups in total. The summed E-state index contributed by atoms with van der Waals surface area (Å²) in [6.45, 7) is 6.37. The molecule has 1 aliphatic rings. The first kappa shape index (κ1) is 6.26. The smallest absolute Gasteiger partial charge is 0.236 e. The number of rotatable bonds is 1. The lowest BCUT2D eigenvalue weighted by Gasteiger charge is -2.00. The third-order valence-electron chi connectivity index (χ3n) is 1.94. The van der Waals surface area contributed by atoms with Gasteiger partial charge in [-0.3, -0.25) is 0 Å². The molecule has 0 spiro atoms. The van der Waals surface area contributed by atoms with Crippen molar-refractivity contribution in [1.29, 1.82) is 0 Å². The normalized spacial score (nSPS) is 42.0. The van der Waals surface area contributed by atoms with Gasteiger partial charge in [-0.1, -0.05) is 6.92 Å². The Balaban J connectivity index is 2.55. The Labute approximate surface area is 51.2 Å². The fourth-order valence-corrected chi connectivity index (χ4v) is 3.40. The Kier molecular flexibility index (Phi) is 1.05. The van der Waals surface area contributed by atoms with Crippen LogP contribution in [-0.2, 0) is 4.43 Å². The van der Waals surface area contributed by atoms with E-state index in [9.17, 15) is 0 Å². The van der Waals surface area contributed by atoms with Crippen molar-refractivity contribution in [2.75, 3.05) is 0 Å². The predicted octanol–water partition coefficient (Wildman–Crippen LogP) is 0.826. The minimum Gasteiger partial charge on any atom is -0.396 e. The van der Waals surface area contributed by atoms with Crippen LogP contribution in [0.5, 0.6) is 0 Å². The summed E-state index contributed by atoms with van der Waals surface area (Å²) in [4.78, 5) is 0. The standard InChI is InChI=1S/C5H13NOSi/c1-4-5(6)7-8(5,2)3/h4,6H2,1-3H3. The average molecular weight is 131 g/mol.